The first kappa shape index (κ1) is 49.1. The van der Waals surface area contributed by atoms with Gasteiger partial charge in [0.15, 0.2) is 0 Å². The van der Waals surface area contributed by atoms with Crippen LogP contribution >= 0.6 is 0 Å². The van der Waals surface area contributed by atoms with E-state index < -0.39 is 13.3 Å². The van der Waals surface area contributed by atoms with E-state index in [1.807, 2.05) is 24.3 Å². The van der Waals surface area contributed by atoms with Crippen LogP contribution in [-0.2, 0) is 26.5 Å². The van der Waals surface area contributed by atoms with Gasteiger partial charge in [0.2, 0.25) is 0 Å². The molecule has 0 atom stereocenters. The van der Waals surface area contributed by atoms with Crippen molar-refractivity contribution in [3.8, 4) is 50.6 Å². The smallest absolute Gasteiger partial charge is 0 e. The van der Waals surface area contributed by atoms with Crippen LogP contribution in [0.3, 0.4) is 0 Å². The van der Waals surface area contributed by atoms with Crippen molar-refractivity contribution in [2.75, 3.05) is 0 Å². The van der Waals surface area contributed by atoms with Gasteiger partial charge in [-0.2, -0.15) is 0 Å². The van der Waals surface area contributed by atoms with Crippen molar-refractivity contribution in [2.24, 2.45) is 5.92 Å². The van der Waals surface area contributed by atoms with Crippen molar-refractivity contribution < 1.29 is 24.5 Å². The number of imidazole rings is 1. The molecule has 1 aliphatic carbocycles. The maximum absolute atomic E-state index is 6.73. The Morgan fingerprint density at radius 1 is 0.643 bits per heavy atom. The standard InChI is InChI=1S/C43H35N2O.C21H28GeN.Ir/c1-27(2)36-24-32(30-16-9-6-10-17-30)25-37(28(3)4)41(36)45-39-21-12-11-20-38(39)44-43(45)35-19-13-18-34-33-23-22-31(26-40(33)46-42(34)35)29-14-7-5-8-15-29;1-22(2,3)20-16-23-21(18-12-8-5-9-13-18)15-19(20)14-17-10-6-4-7-11-17;/h5-18,20-28H,1-4H3;5,8-9,12,15-17H,4,6-7,10-11,14H2,1-3H3;/q2*-1;. The van der Waals surface area contributed by atoms with Gasteiger partial charge in [0, 0.05) is 31.2 Å². The molecule has 1 radical (unpaired) electrons. The Labute approximate surface area is 431 Å². The SMILES string of the molecule is CC(C)c1cc(-c2ccccc2)cc(C(C)C)c1-n1c(-c2[c-]ccc3c2oc2cc(-c4ccccc4)ccc23)nc2ccccc21.[CH3][Ge]([CH3])([CH3])[c]1cnc(-c2[c-]cccc2)cc1CC1CCCCC1.[Ir]. The van der Waals surface area contributed by atoms with Gasteiger partial charge in [0.25, 0.3) is 0 Å². The molecule has 6 heteroatoms. The van der Waals surface area contributed by atoms with E-state index in [9.17, 15) is 0 Å². The minimum Gasteiger partial charge on any atom is 0 e. The van der Waals surface area contributed by atoms with Crippen LogP contribution in [0.15, 0.2) is 168 Å². The van der Waals surface area contributed by atoms with E-state index in [-0.39, 0.29) is 31.9 Å². The van der Waals surface area contributed by atoms with Crippen molar-refractivity contribution in [1.82, 2.24) is 14.5 Å². The number of fused-ring (bicyclic) bond motifs is 4. The van der Waals surface area contributed by atoms with Gasteiger partial charge in [0.1, 0.15) is 5.58 Å². The van der Waals surface area contributed by atoms with Crippen LogP contribution in [0.1, 0.15) is 88.3 Å². The molecule has 0 aliphatic heterocycles. The molecule has 0 saturated heterocycles. The molecular formula is C64H63GeIrN3O-2. The molecule has 1 saturated carbocycles. The van der Waals surface area contributed by atoms with Crippen molar-refractivity contribution >= 4 is 50.6 Å². The number of aromatic nitrogens is 3. The molecule has 1 aliphatic rings. The molecule has 3 heterocycles. The fourth-order valence-corrected chi connectivity index (χ4v) is 13.8. The molecule has 0 spiro atoms. The van der Waals surface area contributed by atoms with Crippen LogP contribution in [0, 0.1) is 18.1 Å². The number of hydrogen-bond donors (Lipinski definition) is 0. The zero-order chi connectivity index (χ0) is 47.6. The molecule has 0 unspecified atom stereocenters. The van der Waals surface area contributed by atoms with Gasteiger partial charge in [-0.05, 0) is 75.5 Å². The van der Waals surface area contributed by atoms with E-state index in [1.165, 1.54) is 72.0 Å². The number of pyridine rings is 1. The van der Waals surface area contributed by atoms with E-state index in [4.69, 9.17) is 14.4 Å². The Hall–Kier alpha value is -5.85. The van der Waals surface area contributed by atoms with Gasteiger partial charge in [0.05, 0.1) is 22.4 Å². The molecule has 7 aromatic carbocycles. The molecule has 355 valence electrons. The molecule has 11 rings (SSSR count). The van der Waals surface area contributed by atoms with E-state index in [0.29, 0.717) is 0 Å². The van der Waals surface area contributed by atoms with Crippen LogP contribution in [0.2, 0.25) is 17.3 Å². The number of rotatable bonds is 10. The average molecular weight is 1160 g/mol. The number of benzene rings is 7. The van der Waals surface area contributed by atoms with Crippen molar-refractivity contribution in [3.05, 3.63) is 193 Å². The Morgan fingerprint density at radius 2 is 1.30 bits per heavy atom. The summed E-state index contributed by atoms with van der Waals surface area (Å²) >= 11 is -1.89. The normalized spacial score (nSPS) is 13.2. The molecule has 4 nitrogen and oxygen atoms in total. The third-order valence-corrected chi connectivity index (χ3v) is 18.4. The minimum absolute atomic E-state index is 0. The van der Waals surface area contributed by atoms with Gasteiger partial charge in [-0.3, -0.25) is 4.98 Å². The van der Waals surface area contributed by atoms with Crippen LogP contribution in [0.5, 0.6) is 0 Å². The maximum Gasteiger partial charge on any atom is 0 e. The third-order valence-electron chi connectivity index (χ3n) is 14.1. The maximum atomic E-state index is 6.73. The van der Waals surface area contributed by atoms with Crippen molar-refractivity contribution in [1.29, 1.82) is 0 Å². The second-order valence-corrected chi connectivity index (χ2v) is 31.2. The Balaban J connectivity index is 0.000000214. The molecule has 0 N–H and O–H groups in total. The molecular weight excluding hydrogens is 1090 g/mol. The van der Waals surface area contributed by atoms with Crippen LogP contribution in [0.25, 0.3) is 83.6 Å². The molecule has 1 fully saturated rings. The van der Waals surface area contributed by atoms with E-state index in [0.717, 1.165) is 67.1 Å². The number of furan rings is 1. The largest absolute Gasteiger partial charge is 0 e. The third kappa shape index (κ3) is 10.2. The summed E-state index contributed by atoms with van der Waals surface area (Å²) in [5, 5.41) is 2.15. The summed E-state index contributed by atoms with van der Waals surface area (Å²) in [6.45, 7) is 9.14. The zero-order valence-electron chi connectivity index (χ0n) is 41.6. The summed E-state index contributed by atoms with van der Waals surface area (Å²) < 4.78 is 10.7. The Bertz CT molecular complexity index is 3350. The first-order valence-electron chi connectivity index (χ1n) is 25.1. The van der Waals surface area contributed by atoms with Crippen LogP contribution in [-0.4, -0.2) is 27.8 Å². The van der Waals surface area contributed by atoms with Crippen molar-refractivity contribution in [3.63, 3.8) is 0 Å². The Kier molecular flexibility index (Phi) is 14.9. The molecule has 70 heavy (non-hydrogen) atoms. The van der Waals surface area contributed by atoms with Gasteiger partial charge in [-0.15, -0.1) is 18.2 Å². The van der Waals surface area contributed by atoms with Gasteiger partial charge >= 0.3 is 144 Å². The molecule has 0 amide bonds. The summed E-state index contributed by atoms with van der Waals surface area (Å²) in [6.07, 6.45) is 10.5. The van der Waals surface area contributed by atoms with Crippen molar-refractivity contribution in [2.45, 2.75) is 95.3 Å². The summed E-state index contributed by atoms with van der Waals surface area (Å²) in [7, 11) is 0. The minimum atomic E-state index is -1.89. The zero-order valence-corrected chi connectivity index (χ0v) is 46.1. The quantitative estimate of drug-likeness (QED) is 0.101. The summed E-state index contributed by atoms with van der Waals surface area (Å²) in [5.41, 5.74) is 16.9. The summed E-state index contributed by atoms with van der Waals surface area (Å²) in [6, 6.07) is 62.4. The average Bonchev–Trinajstić information content (AvgIpc) is 3.95. The second-order valence-electron chi connectivity index (χ2n) is 20.7. The summed E-state index contributed by atoms with van der Waals surface area (Å²) in [4.78, 5) is 10.1. The van der Waals surface area contributed by atoms with E-state index in [1.54, 1.807) is 9.96 Å². The molecule has 10 aromatic rings. The van der Waals surface area contributed by atoms with Gasteiger partial charge in [-0.1, -0.05) is 124 Å². The molecule has 0 bridgehead atoms. The second kappa shape index (κ2) is 21.2. The first-order valence-corrected chi connectivity index (χ1v) is 32.5. The monoisotopic (exact) mass is 1160 g/mol. The fourth-order valence-electron chi connectivity index (χ4n) is 10.5. The van der Waals surface area contributed by atoms with Gasteiger partial charge in [-0.25, -0.2) is 0 Å². The first-order chi connectivity index (χ1) is 33.5. The number of para-hydroxylation sites is 2. The predicted octanol–water partition coefficient (Wildman–Crippen LogP) is 17.2. The van der Waals surface area contributed by atoms with Crippen LogP contribution in [0.4, 0.5) is 0 Å². The topological polar surface area (TPSA) is 43.9 Å². The van der Waals surface area contributed by atoms with E-state index >= 15 is 0 Å². The van der Waals surface area contributed by atoms with Gasteiger partial charge < -0.3 is 8.98 Å². The van der Waals surface area contributed by atoms with Crippen LogP contribution < -0.4 is 4.40 Å². The fraction of sp³-hybridized carbons (Fsp3) is 0.250. The summed E-state index contributed by atoms with van der Waals surface area (Å²) in [5.74, 6) is 9.73. The predicted molar refractivity (Wildman–Crippen MR) is 293 cm³/mol. The molecule has 3 aromatic heterocycles. The Morgan fingerprint density at radius 3 is 1.96 bits per heavy atom. The number of nitrogens with zero attached hydrogens (tertiary/aromatic N) is 3. The van der Waals surface area contributed by atoms with E-state index in [2.05, 4.69) is 201 Å². The number of hydrogen-bond acceptors (Lipinski definition) is 3.